The molecule has 0 amide bonds. The summed E-state index contributed by atoms with van der Waals surface area (Å²) in [7, 11) is 0. The summed E-state index contributed by atoms with van der Waals surface area (Å²) in [4.78, 5) is 11.6. The van der Waals surface area contributed by atoms with Crippen molar-refractivity contribution in [1.29, 1.82) is 0 Å². The summed E-state index contributed by atoms with van der Waals surface area (Å²) >= 11 is 3.52. The third kappa shape index (κ3) is 4.08. The maximum atomic E-state index is 11.6. The van der Waals surface area contributed by atoms with Gasteiger partial charge in [-0.15, -0.1) is 0 Å². The van der Waals surface area contributed by atoms with Gasteiger partial charge >= 0.3 is 5.97 Å². The van der Waals surface area contributed by atoms with E-state index >= 15 is 0 Å². The molecule has 0 saturated heterocycles. The molecule has 3 nitrogen and oxygen atoms in total. The van der Waals surface area contributed by atoms with Crippen molar-refractivity contribution in [3.63, 3.8) is 0 Å². The lowest BCUT2D eigenvalue weighted by atomic mass is 10.1. The van der Waals surface area contributed by atoms with E-state index in [-0.39, 0.29) is 12.0 Å². The molecule has 0 aliphatic rings. The minimum atomic E-state index is -0.282. The molecule has 2 aromatic carbocycles. The Balaban J connectivity index is 2.08. The minimum absolute atomic E-state index is 0.139. The van der Waals surface area contributed by atoms with Gasteiger partial charge in [-0.25, -0.2) is 4.79 Å². The summed E-state index contributed by atoms with van der Waals surface area (Å²) < 4.78 is 6.01. The van der Waals surface area contributed by atoms with E-state index in [4.69, 9.17) is 4.74 Å². The van der Waals surface area contributed by atoms with Gasteiger partial charge in [-0.1, -0.05) is 24.3 Å². The first-order valence-electron chi connectivity index (χ1n) is 6.90. The molecule has 0 bridgehead atoms. The van der Waals surface area contributed by atoms with Gasteiger partial charge in [0.05, 0.1) is 12.2 Å². The van der Waals surface area contributed by atoms with Crippen LogP contribution in [0.25, 0.3) is 0 Å². The molecule has 0 aliphatic heterocycles. The van der Waals surface area contributed by atoms with E-state index in [9.17, 15) is 4.79 Å². The molecule has 0 saturated carbocycles. The molecule has 110 valence electrons. The SMILES string of the molecule is CCOC(=O)c1ccc(C(C)Nc2ccccc2Br)cc1. The van der Waals surface area contributed by atoms with E-state index in [2.05, 4.69) is 28.2 Å². The van der Waals surface area contributed by atoms with Crippen LogP contribution in [0.3, 0.4) is 0 Å². The highest BCUT2D eigenvalue weighted by Gasteiger charge is 2.10. The zero-order chi connectivity index (χ0) is 15.2. The molecule has 0 spiro atoms. The van der Waals surface area contributed by atoms with E-state index in [1.54, 1.807) is 19.1 Å². The van der Waals surface area contributed by atoms with Crippen LogP contribution < -0.4 is 5.32 Å². The predicted molar refractivity (Wildman–Crippen MR) is 88.6 cm³/mol. The molecule has 21 heavy (non-hydrogen) atoms. The number of carbonyl (C=O) groups is 1. The van der Waals surface area contributed by atoms with Gasteiger partial charge in [0, 0.05) is 16.2 Å². The number of anilines is 1. The smallest absolute Gasteiger partial charge is 0.338 e. The monoisotopic (exact) mass is 347 g/mol. The topological polar surface area (TPSA) is 38.3 Å². The van der Waals surface area contributed by atoms with Crippen LogP contribution in [0.2, 0.25) is 0 Å². The van der Waals surface area contributed by atoms with E-state index in [0.29, 0.717) is 12.2 Å². The Labute approximate surface area is 133 Å². The Morgan fingerprint density at radius 1 is 1.19 bits per heavy atom. The van der Waals surface area contributed by atoms with Crippen LogP contribution in [0.5, 0.6) is 0 Å². The minimum Gasteiger partial charge on any atom is -0.462 e. The molecular formula is C17H18BrNO2. The fourth-order valence-corrected chi connectivity index (χ4v) is 2.42. The second kappa shape index (κ2) is 7.27. The zero-order valence-corrected chi connectivity index (χ0v) is 13.7. The molecule has 4 heteroatoms. The summed E-state index contributed by atoms with van der Waals surface area (Å²) in [5, 5.41) is 3.44. The van der Waals surface area contributed by atoms with Crippen molar-refractivity contribution >= 4 is 27.6 Å². The number of esters is 1. The van der Waals surface area contributed by atoms with E-state index in [0.717, 1.165) is 15.7 Å². The molecule has 0 aromatic heterocycles. The molecular weight excluding hydrogens is 330 g/mol. The molecule has 2 rings (SSSR count). The van der Waals surface area contributed by atoms with Crippen LogP contribution in [0.15, 0.2) is 53.0 Å². The number of carbonyl (C=O) groups excluding carboxylic acids is 1. The Hall–Kier alpha value is -1.81. The summed E-state index contributed by atoms with van der Waals surface area (Å²) in [6, 6.07) is 15.6. The van der Waals surface area contributed by atoms with Crippen LogP contribution in [0.1, 0.15) is 35.8 Å². The van der Waals surface area contributed by atoms with Gasteiger partial charge in [0.2, 0.25) is 0 Å². The average molecular weight is 348 g/mol. The number of rotatable bonds is 5. The van der Waals surface area contributed by atoms with Crippen molar-refractivity contribution in [1.82, 2.24) is 0 Å². The third-order valence-corrected chi connectivity index (χ3v) is 3.86. The lowest BCUT2D eigenvalue weighted by Gasteiger charge is -2.17. The van der Waals surface area contributed by atoms with Crippen LogP contribution in [0.4, 0.5) is 5.69 Å². The Kier molecular flexibility index (Phi) is 5.39. The lowest BCUT2D eigenvalue weighted by Crippen LogP contribution is -2.08. The number of nitrogens with one attached hydrogen (secondary N) is 1. The highest BCUT2D eigenvalue weighted by atomic mass is 79.9. The van der Waals surface area contributed by atoms with Crippen LogP contribution >= 0.6 is 15.9 Å². The quantitative estimate of drug-likeness (QED) is 0.789. The standard InChI is InChI=1S/C17H18BrNO2/c1-3-21-17(20)14-10-8-13(9-11-14)12(2)19-16-7-5-4-6-15(16)18/h4-12,19H,3H2,1-2H3. The number of benzene rings is 2. The van der Waals surface area contributed by atoms with Gasteiger partial charge in [0.1, 0.15) is 0 Å². The molecule has 1 unspecified atom stereocenters. The van der Waals surface area contributed by atoms with Crippen LogP contribution in [0, 0.1) is 0 Å². The van der Waals surface area contributed by atoms with Gasteiger partial charge in [-0.2, -0.15) is 0 Å². The maximum absolute atomic E-state index is 11.6. The summed E-state index contributed by atoms with van der Waals surface area (Å²) in [6.45, 7) is 4.27. The average Bonchev–Trinajstić information content (AvgIpc) is 2.50. The lowest BCUT2D eigenvalue weighted by molar-refractivity contribution is 0.0526. The van der Waals surface area contributed by atoms with Crippen LogP contribution in [-0.2, 0) is 4.74 Å². The van der Waals surface area contributed by atoms with Crippen molar-refractivity contribution in [2.24, 2.45) is 0 Å². The number of halogens is 1. The second-order valence-corrected chi connectivity index (χ2v) is 5.54. The van der Waals surface area contributed by atoms with Gasteiger partial charge in [-0.05, 0) is 59.6 Å². The van der Waals surface area contributed by atoms with E-state index < -0.39 is 0 Å². The number of hydrogen-bond donors (Lipinski definition) is 1. The van der Waals surface area contributed by atoms with Crippen LogP contribution in [-0.4, -0.2) is 12.6 Å². The molecule has 0 heterocycles. The number of hydrogen-bond acceptors (Lipinski definition) is 3. The van der Waals surface area contributed by atoms with Crippen molar-refractivity contribution in [3.8, 4) is 0 Å². The second-order valence-electron chi connectivity index (χ2n) is 4.69. The molecule has 1 atom stereocenters. The highest BCUT2D eigenvalue weighted by molar-refractivity contribution is 9.10. The van der Waals surface area contributed by atoms with Gasteiger partial charge in [0.15, 0.2) is 0 Å². The van der Waals surface area contributed by atoms with Crippen molar-refractivity contribution in [3.05, 3.63) is 64.1 Å². The first-order chi connectivity index (χ1) is 10.1. The molecule has 1 N–H and O–H groups in total. The Morgan fingerprint density at radius 3 is 2.48 bits per heavy atom. The summed E-state index contributed by atoms with van der Waals surface area (Å²) in [5.41, 5.74) is 2.73. The summed E-state index contributed by atoms with van der Waals surface area (Å²) in [5.74, 6) is -0.282. The largest absolute Gasteiger partial charge is 0.462 e. The van der Waals surface area contributed by atoms with Gasteiger partial charge < -0.3 is 10.1 Å². The number of para-hydroxylation sites is 1. The Morgan fingerprint density at radius 2 is 1.86 bits per heavy atom. The first-order valence-corrected chi connectivity index (χ1v) is 7.69. The fourth-order valence-electron chi connectivity index (χ4n) is 2.02. The normalized spacial score (nSPS) is 11.8. The van der Waals surface area contributed by atoms with E-state index in [1.165, 1.54) is 0 Å². The maximum Gasteiger partial charge on any atom is 0.338 e. The molecule has 2 aromatic rings. The molecule has 0 radical (unpaired) electrons. The molecule has 0 aliphatic carbocycles. The van der Waals surface area contributed by atoms with Crippen molar-refractivity contribution in [2.45, 2.75) is 19.9 Å². The fraction of sp³-hybridized carbons (Fsp3) is 0.235. The third-order valence-electron chi connectivity index (χ3n) is 3.17. The van der Waals surface area contributed by atoms with Gasteiger partial charge in [0.25, 0.3) is 0 Å². The van der Waals surface area contributed by atoms with Crippen molar-refractivity contribution < 1.29 is 9.53 Å². The predicted octanol–water partition coefficient (Wildman–Crippen LogP) is 4.80. The first kappa shape index (κ1) is 15.6. The van der Waals surface area contributed by atoms with E-state index in [1.807, 2.05) is 36.4 Å². The number of ether oxygens (including phenoxy) is 1. The highest BCUT2D eigenvalue weighted by Crippen LogP contribution is 2.26. The Bertz CT molecular complexity index is 610. The zero-order valence-electron chi connectivity index (χ0n) is 12.1. The molecule has 0 fully saturated rings. The van der Waals surface area contributed by atoms with Crippen molar-refractivity contribution in [2.75, 3.05) is 11.9 Å². The van der Waals surface area contributed by atoms with Gasteiger partial charge in [-0.3, -0.25) is 0 Å². The summed E-state index contributed by atoms with van der Waals surface area (Å²) in [6.07, 6.45) is 0.